The van der Waals surface area contributed by atoms with E-state index in [1.54, 1.807) is 0 Å². The van der Waals surface area contributed by atoms with Crippen molar-refractivity contribution in [3.63, 3.8) is 0 Å². The highest BCUT2D eigenvalue weighted by Crippen LogP contribution is 2.37. The van der Waals surface area contributed by atoms with Crippen LogP contribution in [0.3, 0.4) is 0 Å². The number of oxazole rings is 1. The molecule has 1 aliphatic heterocycles. The second kappa shape index (κ2) is 8.07. The minimum atomic E-state index is -3.99. The second-order valence-corrected chi connectivity index (χ2v) is 9.84. The minimum absolute atomic E-state index is 0.0690. The number of halogens is 2. The molecule has 4 aromatic rings. The Hall–Kier alpha value is -3.16. The van der Waals surface area contributed by atoms with E-state index in [4.69, 9.17) is 16.0 Å². The van der Waals surface area contributed by atoms with Crippen LogP contribution in [-0.2, 0) is 22.8 Å². The molecule has 1 aliphatic rings. The van der Waals surface area contributed by atoms with Gasteiger partial charge in [0.05, 0.1) is 4.90 Å². The van der Waals surface area contributed by atoms with Gasteiger partial charge in [-0.05, 0) is 66.1 Å². The fraction of sp³-hybridized carbons (Fsp3) is 0.125. The Bertz CT molecular complexity index is 1380. The highest BCUT2D eigenvalue weighted by Gasteiger charge is 2.32. The molecule has 5 rings (SSSR count). The normalized spacial score (nSPS) is 13.8. The highest BCUT2D eigenvalue weighted by atomic mass is 35.5. The summed E-state index contributed by atoms with van der Waals surface area (Å²) in [4.78, 5) is 6.31. The summed E-state index contributed by atoms with van der Waals surface area (Å²) >= 11 is 5.94. The molecule has 0 spiro atoms. The molecule has 0 atom stereocenters. The molecule has 8 heteroatoms. The van der Waals surface area contributed by atoms with Crippen LogP contribution in [-0.4, -0.2) is 19.9 Å². The van der Waals surface area contributed by atoms with Gasteiger partial charge in [0.15, 0.2) is 0 Å². The molecule has 0 saturated carbocycles. The Morgan fingerprint density at radius 3 is 2.34 bits per heavy atom. The van der Waals surface area contributed by atoms with Gasteiger partial charge in [0.25, 0.3) is 0 Å². The number of fused-ring (bicyclic) bond motifs is 1. The van der Waals surface area contributed by atoms with Crippen LogP contribution >= 0.6 is 11.6 Å². The number of benzene rings is 3. The molecule has 0 radical (unpaired) electrons. The molecule has 0 saturated heterocycles. The van der Waals surface area contributed by atoms with Gasteiger partial charge in [0, 0.05) is 23.7 Å². The molecule has 0 amide bonds. The van der Waals surface area contributed by atoms with Gasteiger partial charge in [-0.1, -0.05) is 35.9 Å². The standard InChI is InChI=1S/C24H18ClFN2O3S/c25-19-7-11-21(12-8-19)32(29,30)23-24(28-14-13-16-3-1-2-4-18(16)15-28)31-22(27-23)17-5-9-20(26)10-6-17/h1-12H,13-15H2. The van der Waals surface area contributed by atoms with Gasteiger partial charge in [0.1, 0.15) is 5.82 Å². The average molecular weight is 469 g/mol. The van der Waals surface area contributed by atoms with E-state index in [1.807, 2.05) is 23.1 Å². The van der Waals surface area contributed by atoms with Crippen LogP contribution in [0.4, 0.5) is 10.3 Å². The predicted octanol–water partition coefficient (Wildman–Crippen LogP) is 5.53. The maximum Gasteiger partial charge on any atom is 0.236 e. The third kappa shape index (κ3) is 3.78. The number of hydrogen-bond donors (Lipinski definition) is 0. The van der Waals surface area contributed by atoms with Crippen LogP contribution in [0.5, 0.6) is 0 Å². The molecule has 3 aromatic carbocycles. The van der Waals surface area contributed by atoms with Crippen molar-refractivity contribution in [2.75, 3.05) is 11.4 Å². The molecule has 32 heavy (non-hydrogen) atoms. The van der Waals surface area contributed by atoms with E-state index in [0.717, 1.165) is 12.0 Å². The van der Waals surface area contributed by atoms with Gasteiger partial charge in [0.2, 0.25) is 26.6 Å². The van der Waals surface area contributed by atoms with Gasteiger partial charge < -0.3 is 9.32 Å². The third-order valence-electron chi connectivity index (χ3n) is 5.47. The lowest BCUT2D eigenvalue weighted by atomic mass is 10.0. The summed E-state index contributed by atoms with van der Waals surface area (Å²) in [6.45, 7) is 1.08. The zero-order valence-corrected chi connectivity index (χ0v) is 18.4. The molecule has 0 N–H and O–H groups in total. The zero-order valence-electron chi connectivity index (χ0n) is 16.8. The van der Waals surface area contributed by atoms with Gasteiger partial charge in [-0.2, -0.15) is 4.98 Å². The molecule has 2 heterocycles. The van der Waals surface area contributed by atoms with Crippen molar-refractivity contribution < 1.29 is 17.2 Å². The fourth-order valence-electron chi connectivity index (χ4n) is 3.78. The summed E-state index contributed by atoms with van der Waals surface area (Å²) in [5.41, 5.74) is 2.82. The summed E-state index contributed by atoms with van der Waals surface area (Å²) in [5, 5.41) is 0.266. The Labute approximate surface area is 190 Å². The summed E-state index contributed by atoms with van der Waals surface area (Å²) in [6.07, 6.45) is 0.753. The molecule has 0 aliphatic carbocycles. The van der Waals surface area contributed by atoms with Crippen LogP contribution in [0, 0.1) is 5.82 Å². The number of anilines is 1. The fourth-order valence-corrected chi connectivity index (χ4v) is 5.23. The van der Waals surface area contributed by atoms with E-state index >= 15 is 0 Å². The van der Waals surface area contributed by atoms with E-state index in [2.05, 4.69) is 11.1 Å². The maximum atomic E-state index is 13.5. The molecular formula is C24H18ClFN2O3S. The lowest BCUT2D eigenvalue weighted by molar-refractivity contribution is 0.533. The highest BCUT2D eigenvalue weighted by molar-refractivity contribution is 7.91. The smallest absolute Gasteiger partial charge is 0.236 e. The molecule has 0 fully saturated rings. The van der Waals surface area contributed by atoms with E-state index in [-0.39, 0.29) is 21.7 Å². The summed E-state index contributed by atoms with van der Waals surface area (Å²) in [6, 6.07) is 19.5. The molecule has 0 unspecified atom stereocenters. The third-order valence-corrected chi connectivity index (χ3v) is 7.39. The van der Waals surface area contributed by atoms with Gasteiger partial charge in [-0.15, -0.1) is 0 Å². The molecule has 5 nitrogen and oxygen atoms in total. The number of sulfone groups is 1. The van der Waals surface area contributed by atoms with Crippen molar-refractivity contribution >= 4 is 27.3 Å². The predicted molar refractivity (Wildman–Crippen MR) is 120 cm³/mol. The molecule has 1 aromatic heterocycles. The quantitative estimate of drug-likeness (QED) is 0.394. The molecule has 0 bridgehead atoms. The van der Waals surface area contributed by atoms with Crippen molar-refractivity contribution in [2.45, 2.75) is 22.9 Å². The summed E-state index contributed by atoms with van der Waals surface area (Å²) in [5.74, 6) is -0.109. The number of hydrogen-bond acceptors (Lipinski definition) is 5. The van der Waals surface area contributed by atoms with Crippen molar-refractivity contribution in [1.29, 1.82) is 0 Å². The monoisotopic (exact) mass is 468 g/mol. The minimum Gasteiger partial charge on any atom is -0.419 e. The first-order valence-electron chi connectivity index (χ1n) is 10.0. The number of rotatable bonds is 4. The molecular weight excluding hydrogens is 451 g/mol. The largest absolute Gasteiger partial charge is 0.419 e. The van der Waals surface area contributed by atoms with Crippen LogP contribution in [0.15, 0.2) is 87.1 Å². The first kappa shape index (κ1) is 20.7. The maximum absolute atomic E-state index is 13.5. The van der Waals surface area contributed by atoms with Crippen LogP contribution in [0.1, 0.15) is 11.1 Å². The molecule has 162 valence electrons. The SMILES string of the molecule is O=S(=O)(c1ccc(Cl)cc1)c1nc(-c2ccc(F)cc2)oc1N1CCc2ccccc2C1. The lowest BCUT2D eigenvalue weighted by Crippen LogP contribution is -2.31. The van der Waals surface area contributed by atoms with Crippen molar-refractivity contribution in [3.8, 4) is 11.5 Å². The Kier molecular flexibility index (Phi) is 5.23. The zero-order chi connectivity index (χ0) is 22.3. The first-order valence-corrected chi connectivity index (χ1v) is 11.9. The van der Waals surface area contributed by atoms with E-state index in [1.165, 1.54) is 54.1 Å². The van der Waals surface area contributed by atoms with E-state index < -0.39 is 15.7 Å². The first-order chi connectivity index (χ1) is 15.4. The Morgan fingerprint density at radius 2 is 1.62 bits per heavy atom. The van der Waals surface area contributed by atoms with Crippen molar-refractivity contribution in [1.82, 2.24) is 4.98 Å². The van der Waals surface area contributed by atoms with Gasteiger partial charge >= 0.3 is 0 Å². The average Bonchev–Trinajstić information content (AvgIpc) is 3.26. The van der Waals surface area contributed by atoms with Gasteiger partial charge in [-0.3, -0.25) is 0 Å². The summed E-state index contributed by atoms with van der Waals surface area (Å²) < 4.78 is 46.4. The van der Waals surface area contributed by atoms with E-state index in [9.17, 15) is 12.8 Å². The number of aromatic nitrogens is 1. The van der Waals surface area contributed by atoms with Crippen LogP contribution in [0.25, 0.3) is 11.5 Å². The van der Waals surface area contributed by atoms with Crippen LogP contribution in [0.2, 0.25) is 5.02 Å². The van der Waals surface area contributed by atoms with E-state index in [0.29, 0.717) is 23.7 Å². The topological polar surface area (TPSA) is 63.4 Å². The summed E-state index contributed by atoms with van der Waals surface area (Å²) in [7, 11) is -3.99. The lowest BCUT2D eigenvalue weighted by Gasteiger charge is -2.28. The second-order valence-electron chi connectivity index (χ2n) is 7.53. The Balaban J connectivity index is 1.63. The van der Waals surface area contributed by atoms with Crippen molar-refractivity contribution in [2.24, 2.45) is 0 Å². The Morgan fingerprint density at radius 1 is 0.938 bits per heavy atom. The number of nitrogens with zero attached hydrogens (tertiary/aromatic N) is 2. The van der Waals surface area contributed by atoms with Crippen LogP contribution < -0.4 is 4.90 Å². The van der Waals surface area contributed by atoms with Gasteiger partial charge in [-0.25, -0.2) is 12.8 Å². The van der Waals surface area contributed by atoms with Crippen molar-refractivity contribution in [3.05, 3.63) is 94.8 Å².